The lowest BCUT2D eigenvalue weighted by Gasteiger charge is -2.15. The summed E-state index contributed by atoms with van der Waals surface area (Å²) in [5.74, 6) is -1.20. The summed E-state index contributed by atoms with van der Waals surface area (Å²) in [6.45, 7) is 0. The lowest BCUT2D eigenvalue weighted by molar-refractivity contribution is -0.133. The SMILES string of the molecule is O=C(O)CSc1nncn1-c1sc(-c2cccc(F)c2)c2c1CCCC2. The normalized spacial score (nSPS) is 13.6. The van der Waals surface area contributed by atoms with Gasteiger partial charge in [-0.1, -0.05) is 23.9 Å². The quantitative estimate of drug-likeness (QED) is 0.663. The van der Waals surface area contributed by atoms with Crippen molar-refractivity contribution in [2.75, 3.05) is 5.75 Å². The van der Waals surface area contributed by atoms with Gasteiger partial charge in [0, 0.05) is 4.88 Å². The molecule has 26 heavy (non-hydrogen) atoms. The zero-order valence-electron chi connectivity index (χ0n) is 13.8. The number of fused-ring (bicyclic) bond motifs is 1. The molecule has 1 N–H and O–H groups in total. The van der Waals surface area contributed by atoms with Crippen LogP contribution in [0.15, 0.2) is 35.7 Å². The summed E-state index contributed by atoms with van der Waals surface area (Å²) < 4.78 is 15.6. The molecular weight excluding hydrogens is 373 g/mol. The smallest absolute Gasteiger partial charge is 0.313 e. The van der Waals surface area contributed by atoms with Crippen LogP contribution in [0.1, 0.15) is 24.0 Å². The Morgan fingerprint density at radius 1 is 1.31 bits per heavy atom. The van der Waals surface area contributed by atoms with Crippen LogP contribution in [0.3, 0.4) is 0 Å². The first-order valence-electron chi connectivity index (χ1n) is 8.29. The molecule has 4 rings (SSSR count). The zero-order chi connectivity index (χ0) is 18.1. The van der Waals surface area contributed by atoms with E-state index in [-0.39, 0.29) is 11.6 Å². The van der Waals surface area contributed by atoms with Crippen LogP contribution in [0.4, 0.5) is 4.39 Å². The average Bonchev–Trinajstić information content (AvgIpc) is 3.24. The van der Waals surface area contributed by atoms with Crippen molar-refractivity contribution in [3.63, 3.8) is 0 Å². The fourth-order valence-corrected chi connectivity index (χ4v) is 5.32. The maximum atomic E-state index is 13.7. The van der Waals surface area contributed by atoms with E-state index >= 15 is 0 Å². The highest BCUT2D eigenvalue weighted by Gasteiger charge is 2.24. The highest BCUT2D eigenvalue weighted by molar-refractivity contribution is 7.99. The number of benzene rings is 1. The van der Waals surface area contributed by atoms with Crippen LogP contribution in [0.5, 0.6) is 0 Å². The van der Waals surface area contributed by atoms with E-state index in [1.807, 2.05) is 10.6 Å². The molecule has 8 heteroatoms. The second-order valence-electron chi connectivity index (χ2n) is 6.08. The maximum Gasteiger partial charge on any atom is 0.313 e. The zero-order valence-corrected chi connectivity index (χ0v) is 15.4. The highest BCUT2D eigenvalue weighted by Crippen LogP contribution is 2.43. The fraction of sp³-hybridized carbons (Fsp3) is 0.278. The Morgan fingerprint density at radius 2 is 2.12 bits per heavy atom. The molecule has 0 fully saturated rings. The molecular formula is C18H16FN3O2S2. The summed E-state index contributed by atoms with van der Waals surface area (Å²) in [4.78, 5) is 12.0. The molecule has 0 saturated carbocycles. The molecule has 1 aliphatic carbocycles. The molecule has 1 aromatic carbocycles. The number of nitrogens with zero attached hydrogens (tertiary/aromatic N) is 3. The minimum Gasteiger partial charge on any atom is -0.481 e. The lowest BCUT2D eigenvalue weighted by atomic mass is 9.91. The minimum absolute atomic E-state index is 0.0665. The van der Waals surface area contributed by atoms with Crippen molar-refractivity contribution in [1.82, 2.24) is 14.8 Å². The van der Waals surface area contributed by atoms with Gasteiger partial charge >= 0.3 is 5.97 Å². The Labute approximate surface area is 157 Å². The summed E-state index contributed by atoms with van der Waals surface area (Å²) in [5.41, 5.74) is 3.40. The van der Waals surface area contributed by atoms with Gasteiger partial charge in [0.1, 0.15) is 17.1 Å². The van der Waals surface area contributed by atoms with E-state index in [0.717, 1.165) is 52.9 Å². The number of halogens is 1. The lowest BCUT2D eigenvalue weighted by Crippen LogP contribution is -2.05. The molecule has 0 atom stereocenters. The third-order valence-electron chi connectivity index (χ3n) is 4.35. The monoisotopic (exact) mass is 389 g/mol. The summed E-state index contributed by atoms with van der Waals surface area (Å²) >= 11 is 2.75. The highest BCUT2D eigenvalue weighted by atomic mass is 32.2. The van der Waals surface area contributed by atoms with Gasteiger partial charge in [0.2, 0.25) is 0 Å². The van der Waals surface area contributed by atoms with Crippen LogP contribution in [0, 0.1) is 5.82 Å². The second kappa shape index (κ2) is 7.20. The largest absolute Gasteiger partial charge is 0.481 e. The molecule has 0 bridgehead atoms. The van der Waals surface area contributed by atoms with Gasteiger partial charge < -0.3 is 5.11 Å². The molecule has 2 aromatic heterocycles. The number of hydrogen-bond donors (Lipinski definition) is 1. The Hall–Kier alpha value is -2.19. The molecule has 0 saturated heterocycles. The molecule has 134 valence electrons. The van der Waals surface area contributed by atoms with E-state index in [0.29, 0.717) is 5.16 Å². The summed E-state index contributed by atoms with van der Waals surface area (Å²) in [6.07, 6.45) is 5.78. The third kappa shape index (κ3) is 3.26. The molecule has 0 amide bonds. The van der Waals surface area contributed by atoms with Crippen LogP contribution < -0.4 is 0 Å². The van der Waals surface area contributed by atoms with Crippen LogP contribution in [-0.4, -0.2) is 31.6 Å². The summed E-state index contributed by atoms with van der Waals surface area (Å²) in [6, 6.07) is 6.67. The first kappa shape index (κ1) is 17.2. The van der Waals surface area contributed by atoms with Crippen molar-refractivity contribution in [3.8, 4) is 15.4 Å². The van der Waals surface area contributed by atoms with Gasteiger partial charge in [-0.3, -0.25) is 9.36 Å². The number of thiophene rings is 1. The van der Waals surface area contributed by atoms with Gasteiger partial charge in [0.05, 0.1) is 5.75 Å². The number of hydrogen-bond acceptors (Lipinski definition) is 5. The average molecular weight is 389 g/mol. The number of aliphatic carboxylic acids is 1. The molecule has 3 aromatic rings. The standard InChI is InChI=1S/C18H16FN3O2S2/c19-12-5-3-4-11(8-12)16-13-6-1-2-7-14(13)17(26-16)22-10-20-21-18(22)25-9-15(23)24/h3-5,8,10H,1-2,6-7,9H2,(H,23,24). The van der Waals surface area contributed by atoms with E-state index in [9.17, 15) is 9.18 Å². The van der Waals surface area contributed by atoms with Gasteiger partial charge in [-0.05, 0) is 54.5 Å². The topological polar surface area (TPSA) is 68.0 Å². The summed E-state index contributed by atoms with van der Waals surface area (Å²) in [5, 5.41) is 18.5. The Morgan fingerprint density at radius 3 is 2.88 bits per heavy atom. The van der Waals surface area contributed by atoms with Crippen molar-refractivity contribution in [1.29, 1.82) is 0 Å². The van der Waals surface area contributed by atoms with E-state index in [2.05, 4.69) is 10.2 Å². The molecule has 5 nitrogen and oxygen atoms in total. The van der Waals surface area contributed by atoms with Crippen molar-refractivity contribution < 1.29 is 14.3 Å². The third-order valence-corrected chi connectivity index (χ3v) is 6.60. The number of rotatable bonds is 5. The van der Waals surface area contributed by atoms with Gasteiger partial charge in [-0.25, -0.2) is 4.39 Å². The second-order valence-corrected chi connectivity index (χ2v) is 8.02. The van der Waals surface area contributed by atoms with Gasteiger partial charge in [0.15, 0.2) is 5.16 Å². The first-order valence-corrected chi connectivity index (χ1v) is 10.1. The first-order chi connectivity index (χ1) is 12.6. The predicted octanol–water partition coefficient (Wildman–Crippen LogP) is 4.19. The summed E-state index contributed by atoms with van der Waals surface area (Å²) in [7, 11) is 0. The van der Waals surface area contributed by atoms with E-state index in [4.69, 9.17) is 5.11 Å². The number of carboxylic acid groups (broad SMARTS) is 1. The fourth-order valence-electron chi connectivity index (χ4n) is 3.26. The van der Waals surface area contributed by atoms with Gasteiger partial charge in [-0.2, -0.15) is 0 Å². The van der Waals surface area contributed by atoms with E-state index < -0.39 is 5.97 Å². The predicted molar refractivity (Wildman–Crippen MR) is 99.6 cm³/mol. The Bertz CT molecular complexity index is 967. The maximum absolute atomic E-state index is 13.7. The molecule has 0 spiro atoms. The van der Waals surface area contributed by atoms with Crippen molar-refractivity contribution in [3.05, 3.63) is 47.5 Å². The molecule has 0 unspecified atom stereocenters. The molecule has 0 radical (unpaired) electrons. The molecule has 0 aliphatic heterocycles. The van der Waals surface area contributed by atoms with Gasteiger partial charge in [0.25, 0.3) is 0 Å². The molecule has 1 aliphatic rings. The van der Waals surface area contributed by atoms with Crippen molar-refractivity contribution in [2.45, 2.75) is 30.8 Å². The molecule has 2 heterocycles. The minimum atomic E-state index is -0.891. The number of carbonyl (C=O) groups is 1. The van der Waals surface area contributed by atoms with Crippen LogP contribution in [-0.2, 0) is 17.6 Å². The van der Waals surface area contributed by atoms with Crippen molar-refractivity contribution in [2.24, 2.45) is 0 Å². The van der Waals surface area contributed by atoms with Gasteiger partial charge in [-0.15, -0.1) is 21.5 Å². The number of thioether (sulfide) groups is 1. The van der Waals surface area contributed by atoms with Crippen molar-refractivity contribution >= 4 is 29.1 Å². The Balaban J connectivity index is 1.81. The number of aromatic nitrogens is 3. The van der Waals surface area contributed by atoms with E-state index in [1.165, 1.54) is 17.2 Å². The van der Waals surface area contributed by atoms with Crippen LogP contribution in [0.2, 0.25) is 0 Å². The van der Waals surface area contributed by atoms with E-state index in [1.54, 1.807) is 29.8 Å². The Kier molecular flexibility index (Phi) is 4.78. The van der Waals surface area contributed by atoms with Crippen LogP contribution in [0.25, 0.3) is 15.4 Å². The van der Waals surface area contributed by atoms with Crippen LogP contribution >= 0.6 is 23.1 Å². The number of carboxylic acids is 1.